The minimum atomic E-state index is -0.713. The first-order chi connectivity index (χ1) is 19.1. The number of fused-ring (bicyclic) bond motifs is 1. The van der Waals surface area contributed by atoms with Crippen LogP contribution in [0.4, 0.5) is 0 Å². The molecule has 5 unspecified atom stereocenters. The molecule has 5 rings (SSSR count). The molecule has 1 N–H and O–H groups in total. The second-order valence-corrected chi connectivity index (χ2v) is 13.9. The number of ether oxygens (including phenoxy) is 1. The van der Waals surface area contributed by atoms with E-state index in [-0.39, 0.29) is 23.2 Å². The van der Waals surface area contributed by atoms with Gasteiger partial charge in [-0.05, 0) is 72.9 Å². The van der Waals surface area contributed by atoms with E-state index in [1.54, 1.807) is 30.0 Å². The fourth-order valence-corrected chi connectivity index (χ4v) is 8.68. The number of thioether (sulfide) groups is 1. The van der Waals surface area contributed by atoms with Crippen LogP contribution in [0.5, 0.6) is 0 Å². The highest BCUT2D eigenvalue weighted by Crippen LogP contribution is 2.59. The number of esters is 1. The molecule has 218 valence electrons. The van der Waals surface area contributed by atoms with Gasteiger partial charge in [-0.15, -0.1) is 16.9 Å². The lowest BCUT2D eigenvalue weighted by Gasteiger charge is -2.52. The summed E-state index contributed by atoms with van der Waals surface area (Å²) in [5, 5.41) is 19.6. The van der Waals surface area contributed by atoms with Crippen LogP contribution in [0.2, 0.25) is 0 Å². The van der Waals surface area contributed by atoms with E-state index in [1.807, 2.05) is 26.6 Å². The smallest absolute Gasteiger partial charge is 0.307 e. The molecule has 5 atom stereocenters. The van der Waals surface area contributed by atoms with Crippen molar-refractivity contribution < 1.29 is 19.1 Å². The van der Waals surface area contributed by atoms with Crippen LogP contribution in [0, 0.1) is 0 Å². The van der Waals surface area contributed by atoms with Crippen LogP contribution in [0.1, 0.15) is 110 Å². The van der Waals surface area contributed by atoms with Crippen molar-refractivity contribution in [3.63, 3.8) is 0 Å². The minimum absolute atomic E-state index is 0.0598. The van der Waals surface area contributed by atoms with Gasteiger partial charge in [0.05, 0.1) is 5.66 Å². The van der Waals surface area contributed by atoms with Gasteiger partial charge in [0.1, 0.15) is 23.5 Å². The predicted molar refractivity (Wildman–Crippen MR) is 152 cm³/mol. The van der Waals surface area contributed by atoms with Crippen LogP contribution in [0.15, 0.2) is 16.8 Å². The number of carbonyl (C=O) groups excluding carboxylic acids is 3. The molecule has 5 heterocycles. The summed E-state index contributed by atoms with van der Waals surface area (Å²) in [4.78, 5) is 44.0. The molecule has 0 aliphatic carbocycles. The monoisotopic (exact) mass is 589 g/mol. The molecule has 3 aliphatic heterocycles. The lowest BCUT2D eigenvalue weighted by atomic mass is 9.92. The summed E-state index contributed by atoms with van der Waals surface area (Å²) < 4.78 is 6.70. The molecule has 2 aromatic heterocycles. The first-order valence-electron chi connectivity index (χ1n) is 14.2. The molecule has 3 aliphatic rings. The summed E-state index contributed by atoms with van der Waals surface area (Å²) in [7, 11) is 0. The third-order valence-electron chi connectivity index (χ3n) is 8.49. The Morgan fingerprint density at radius 3 is 2.58 bits per heavy atom. The highest BCUT2D eigenvalue weighted by Gasteiger charge is 2.68. The maximum atomic E-state index is 14.0. The molecule has 0 spiro atoms. The van der Waals surface area contributed by atoms with E-state index in [0.717, 1.165) is 24.8 Å². The summed E-state index contributed by atoms with van der Waals surface area (Å²) >= 11 is 3.22. The average molecular weight is 590 g/mol. The maximum absolute atomic E-state index is 14.0. The number of hydrogen-bond donors (Lipinski definition) is 1. The van der Waals surface area contributed by atoms with Crippen LogP contribution in [0.3, 0.4) is 0 Å². The Kier molecular flexibility index (Phi) is 8.01. The van der Waals surface area contributed by atoms with E-state index in [1.165, 1.54) is 4.68 Å². The van der Waals surface area contributed by atoms with Crippen LogP contribution < -0.4 is 5.32 Å². The molecule has 13 heteroatoms. The zero-order valence-corrected chi connectivity index (χ0v) is 25.6. The Hall–Kier alpha value is -2.51. The number of β-lactam (4-membered cyclic amide) rings is 1. The van der Waals surface area contributed by atoms with Gasteiger partial charge in [0.25, 0.3) is 0 Å². The number of tetrazole rings is 1. The van der Waals surface area contributed by atoms with Crippen molar-refractivity contribution in [2.75, 3.05) is 0 Å². The van der Waals surface area contributed by atoms with Gasteiger partial charge >= 0.3 is 5.97 Å². The lowest BCUT2D eigenvalue weighted by molar-refractivity contribution is -0.167. The van der Waals surface area contributed by atoms with E-state index in [9.17, 15) is 14.4 Å². The number of hydrogen-bond acceptors (Lipinski definition) is 10. The molecule has 3 saturated heterocycles. The predicted octanol–water partition coefficient (Wildman–Crippen LogP) is 4.17. The normalized spacial score (nSPS) is 27.6. The Morgan fingerprint density at radius 1 is 1.18 bits per heavy atom. The molecule has 40 heavy (non-hydrogen) atoms. The molecule has 0 saturated carbocycles. The number of aromatic nitrogens is 4. The number of carbonyl (C=O) groups is 3. The second kappa shape index (κ2) is 11.1. The Morgan fingerprint density at radius 2 is 1.93 bits per heavy atom. The van der Waals surface area contributed by atoms with Crippen LogP contribution in [-0.2, 0) is 19.1 Å². The zero-order valence-electron chi connectivity index (χ0n) is 24.0. The summed E-state index contributed by atoms with van der Waals surface area (Å²) in [6.45, 7) is 12.1. The van der Waals surface area contributed by atoms with Gasteiger partial charge < -0.3 is 14.5 Å². The fourth-order valence-electron chi connectivity index (χ4n) is 6.32. The summed E-state index contributed by atoms with van der Waals surface area (Å²) in [6.07, 6.45) is 3.76. The largest absolute Gasteiger partial charge is 0.440 e. The van der Waals surface area contributed by atoms with Crippen molar-refractivity contribution in [3.05, 3.63) is 28.2 Å². The highest BCUT2D eigenvalue weighted by molar-refractivity contribution is 8.01. The summed E-state index contributed by atoms with van der Waals surface area (Å²) in [5.74, 6) is 0.00525. The Bertz CT molecular complexity index is 1250. The minimum Gasteiger partial charge on any atom is -0.440 e. The molecule has 2 aromatic rings. The van der Waals surface area contributed by atoms with E-state index in [4.69, 9.17) is 4.74 Å². The van der Waals surface area contributed by atoms with Crippen molar-refractivity contribution >= 4 is 40.9 Å². The second-order valence-electron chi connectivity index (χ2n) is 11.3. The topological polar surface area (TPSA) is 123 Å². The van der Waals surface area contributed by atoms with Gasteiger partial charge in [-0.3, -0.25) is 19.7 Å². The molecular formula is C27H39N7O4S2. The summed E-state index contributed by atoms with van der Waals surface area (Å²) in [5.41, 5.74) is 0.322. The van der Waals surface area contributed by atoms with Gasteiger partial charge in [0.15, 0.2) is 12.1 Å². The third kappa shape index (κ3) is 4.63. The van der Waals surface area contributed by atoms with Gasteiger partial charge in [0.2, 0.25) is 11.8 Å². The van der Waals surface area contributed by atoms with E-state index < -0.39 is 34.8 Å². The van der Waals surface area contributed by atoms with Crippen molar-refractivity contribution in [1.29, 1.82) is 0 Å². The van der Waals surface area contributed by atoms with E-state index >= 15 is 0 Å². The molecule has 0 bridgehead atoms. The first-order valence-corrected chi connectivity index (χ1v) is 16.0. The van der Waals surface area contributed by atoms with Crippen molar-refractivity contribution in [2.24, 2.45) is 0 Å². The zero-order chi connectivity index (χ0) is 28.8. The number of amides is 2. The van der Waals surface area contributed by atoms with Crippen molar-refractivity contribution in [1.82, 2.24) is 35.3 Å². The maximum Gasteiger partial charge on any atom is 0.307 e. The molecule has 0 aromatic carbocycles. The molecule has 2 amide bonds. The van der Waals surface area contributed by atoms with Crippen LogP contribution in [0.25, 0.3) is 0 Å². The molecule has 0 radical (unpaired) electrons. The van der Waals surface area contributed by atoms with Gasteiger partial charge in [-0.25, -0.2) is 0 Å². The molecular weight excluding hydrogens is 550 g/mol. The lowest BCUT2D eigenvalue weighted by Crippen LogP contribution is -2.72. The summed E-state index contributed by atoms with van der Waals surface area (Å²) in [6, 6.07) is 0.466. The SMILES string of the molecule is CCCCCC(=O)OC(C)n1nnnc1C1N2C(=O)C(N3C(=O)C(c4ccsc4)NC3(CC)CC)C2SC1(C)C. The van der Waals surface area contributed by atoms with Crippen molar-refractivity contribution in [3.8, 4) is 0 Å². The highest BCUT2D eigenvalue weighted by atomic mass is 32.2. The number of nitrogens with one attached hydrogen (secondary N) is 1. The number of unbranched alkanes of at least 4 members (excludes halogenated alkanes) is 2. The number of nitrogens with zero attached hydrogens (tertiary/aromatic N) is 6. The molecule has 11 nitrogen and oxygen atoms in total. The number of thiophene rings is 1. The van der Waals surface area contributed by atoms with Gasteiger partial charge in [0, 0.05) is 11.2 Å². The standard InChI is InChI=1S/C27H39N7O4S2/c1-7-10-11-12-18(35)38-16(4)34-22(29-30-31-34)21-26(5,6)40-25-20(24(37)32(21)25)33-23(36)19(17-13-14-39-15-17)28-27(33,8-2)9-3/h13-16,19-21,25,28H,7-12H2,1-6H3. The fraction of sp³-hybridized carbons (Fsp3) is 0.704. The van der Waals surface area contributed by atoms with E-state index in [2.05, 4.69) is 55.5 Å². The van der Waals surface area contributed by atoms with Gasteiger partial charge in [-0.1, -0.05) is 33.6 Å². The van der Waals surface area contributed by atoms with Crippen LogP contribution in [-0.4, -0.2) is 69.6 Å². The van der Waals surface area contributed by atoms with E-state index in [0.29, 0.717) is 25.1 Å². The molecule has 3 fully saturated rings. The third-order valence-corrected chi connectivity index (χ3v) is 10.7. The quantitative estimate of drug-likeness (QED) is 0.234. The van der Waals surface area contributed by atoms with Gasteiger partial charge in [-0.2, -0.15) is 16.0 Å². The Balaban J connectivity index is 1.40. The first kappa shape index (κ1) is 29.0. The number of rotatable bonds is 11. The van der Waals surface area contributed by atoms with Crippen LogP contribution >= 0.6 is 23.1 Å². The average Bonchev–Trinajstić information content (AvgIpc) is 3.70. The van der Waals surface area contributed by atoms with Crippen molar-refractivity contribution in [2.45, 2.75) is 120 Å². The Labute approximate surface area is 243 Å².